The molecular formula is C20H29N3O3. The van der Waals surface area contributed by atoms with Gasteiger partial charge in [-0.1, -0.05) is 6.92 Å². The number of piperidine rings is 1. The zero-order valence-electron chi connectivity index (χ0n) is 15.9. The largest absolute Gasteiger partial charge is 0.385 e. The molecule has 0 radical (unpaired) electrons. The van der Waals surface area contributed by atoms with E-state index in [1.165, 1.54) is 0 Å². The molecule has 2 fully saturated rings. The summed E-state index contributed by atoms with van der Waals surface area (Å²) >= 11 is 0. The highest BCUT2D eigenvalue weighted by Crippen LogP contribution is 2.40. The summed E-state index contributed by atoms with van der Waals surface area (Å²) in [6.07, 6.45) is 6.02. The van der Waals surface area contributed by atoms with E-state index in [1.807, 2.05) is 22.8 Å². The van der Waals surface area contributed by atoms with Crippen LogP contribution >= 0.6 is 0 Å². The van der Waals surface area contributed by atoms with E-state index in [1.54, 1.807) is 19.4 Å². The third-order valence-corrected chi connectivity index (χ3v) is 5.67. The van der Waals surface area contributed by atoms with Crippen LogP contribution in [0.1, 0.15) is 48.7 Å². The molecule has 0 aliphatic carbocycles. The quantitative estimate of drug-likeness (QED) is 0.730. The molecule has 0 aromatic carbocycles. The molecule has 0 saturated carbocycles. The fourth-order valence-electron chi connectivity index (χ4n) is 4.18. The highest BCUT2D eigenvalue weighted by molar-refractivity contribution is 5.95. The van der Waals surface area contributed by atoms with Crippen molar-refractivity contribution in [2.24, 2.45) is 5.41 Å². The molecule has 3 heterocycles. The van der Waals surface area contributed by atoms with Crippen molar-refractivity contribution in [2.75, 3.05) is 39.9 Å². The lowest BCUT2D eigenvalue weighted by Crippen LogP contribution is -2.50. The van der Waals surface area contributed by atoms with Crippen LogP contribution in [0.25, 0.3) is 0 Å². The van der Waals surface area contributed by atoms with Crippen LogP contribution in [0.5, 0.6) is 0 Å². The third kappa shape index (κ3) is 3.75. The number of nitrogens with zero attached hydrogens (tertiary/aromatic N) is 3. The van der Waals surface area contributed by atoms with E-state index in [-0.39, 0.29) is 17.2 Å². The number of aryl methyl sites for hydroxylation is 1. The van der Waals surface area contributed by atoms with Gasteiger partial charge in [-0.25, -0.2) is 0 Å². The van der Waals surface area contributed by atoms with Gasteiger partial charge in [0.1, 0.15) is 0 Å². The molecule has 2 aliphatic rings. The zero-order chi connectivity index (χ0) is 18.6. The van der Waals surface area contributed by atoms with E-state index in [4.69, 9.17) is 4.74 Å². The maximum atomic E-state index is 13.1. The minimum Gasteiger partial charge on any atom is -0.385 e. The lowest BCUT2D eigenvalue weighted by atomic mass is 9.78. The van der Waals surface area contributed by atoms with Gasteiger partial charge in [0.25, 0.3) is 5.91 Å². The lowest BCUT2D eigenvalue weighted by molar-refractivity contribution is -0.145. The predicted octanol–water partition coefficient (Wildman–Crippen LogP) is 2.14. The molecule has 142 valence electrons. The summed E-state index contributed by atoms with van der Waals surface area (Å²) in [5.74, 6) is 0.238. The second-order valence-corrected chi connectivity index (χ2v) is 7.39. The fourth-order valence-corrected chi connectivity index (χ4v) is 4.18. The van der Waals surface area contributed by atoms with Gasteiger partial charge in [-0.3, -0.25) is 14.6 Å². The Labute approximate surface area is 155 Å². The third-order valence-electron chi connectivity index (χ3n) is 5.67. The Balaban J connectivity index is 1.68. The number of rotatable bonds is 6. The normalized spacial score (nSPS) is 23.1. The SMILES string of the molecule is CCc1cc(C(=O)N2CC[C@]3(CCCN(CCCOC)C3=O)C2)ccn1. The maximum Gasteiger partial charge on any atom is 0.254 e. The first-order chi connectivity index (χ1) is 12.6. The van der Waals surface area contributed by atoms with Crippen molar-refractivity contribution in [1.29, 1.82) is 0 Å². The number of ether oxygens (including phenoxy) is 1. The number of methoxy groups -OCH3 is 1. The van der Waals surface area contributed by atoms with Gasteiger partial charge in [0.2, 0.25) is 5.91 Å². The summed E-state index contributed by atoms with van der Waals surface area (Å²) in [4.78, 5) is 34.1. The van der Waals surface area contributed by atoms with Crippen molar-refractivity contribution < 1.29 is 14.3 Å². The Morgan fingerprint density at radius 2 is 2.19 bits per heavy atom. The van der Waals surface area contributed by atoms with Crippen LogP contribution < -0.4 is 0 Å². The van der Waals surface area contributed by atoms with Crippen molar-refractivity contribution >= 4 is 11.8 Å². The van der Waals surface area contributed by atoms with E-state index in [0.29, 0.717) is 25.3 Å². The van der Waals surface area contributed by atoms with Gasteiger partial charge >= 0.3 is 0 Å². The Morgan fingerprint density at radius 3 is 2.96 bits per heavy atom. The molecule has 26 heavy (non-hydrogen) atoms. The molecular weight excluding hydrogens is 330 g/mol. The minimum absolute atomic E-state index is 0.0169. The van der Waals surface area contributed by atoms with Gasteiger partial charge in [-0.15, -0.1) is 0 Å². The first-order valence-electron chi connectivity index (χ1n) is 9.62. The molecule has 6 nitrogen and oxygen atoms in total. The maximum absolute atomic E-state index is 13.1. The molecule has 3 rings (SSSR count). The van der Waals surface area contributed by atoms with Crippen LogP contribution in [0.4, 0.5) is 0 Å². The molecule has 1 spiro atoms. The van der Waals surface area contributed by atoms with E-state index in [0.717, 1.165) is 50.9 Å². The Bertz CT molecular complexity index is 663. The summed E-state index contributed by atoms with van der Waals surface area (Å²) in [5, 5.41) is 0. The van der Waals surface area contributed by atoms with E-state index < -0.39 is 0 Å². The first kappa shape index (κ1) is 18.8. The summed E-state index contributed by atoms with van der Waals surface area (Å²) in [7, 11) is 1.68. The summed E-state index contributed by atoms with van der Waals surface area (Å²) in [6.45, 7) is 5.45. The number of hydrogen-bond acceptors (Lipinski definition) is 4. The van der Waals surface area contributed by atoms with Gasteiger partial charge in [0.05, 0.1) is 5.41 Å². The van der Waals surface area contributed by atoms with Crippen LogP contribution in [0.15, 0.2) is 18.3 Å². The second kappa shape index (κ2) is 8.16. The Kier molecular flexibility index (Phi) is 5.91. The van der Waals surface area contributed by atoms with Gasteiger partial charge in [0, 0.05) is 57.3 Å². The van der Waals surface area contributed by atoms with Crippen molar-refractivity contribution in [1.82, 2.24) is 14.8 Å². The number of carbonyl (C=O) groups is 2. The number of hydrogen-bond donors (Lipinski definition) is 0. The smallest absolute Gasteiger partial charge is 0.254 e. The highest BCUT2D eigenvalue weighted by atomic mass is 16.5. The summed E-state index contributed by atoms with van der Waals surface area (Å²) < 4.78 is 5.11. The number of likely N-dealkylation sites (tertiary alicyclic amines) is 2. The summed E-state index contributed by atoms with van der Waals surface area (Å²) in [5.41, 5.74) is 1.21. The van der Waals surface area contributed by atoms with Crippen LogP contribution in [-0.2, 0) is 16.0 Å². The van der Waals surface area contributed by atoms with Crippen molar-refractivity contribution in [2.45, 2.75) is 39.0 Å². The molecule has 0 bridgehead atoms. The monoisotopic (exact) mass is 359 g/mol. The molecule has 6 heteroatoms. The van der Waals surface area contributed by atoms with E-state index in [2.05, 4.69) is 4.98 Å². The highest BCUT2D eigenvalue weighted by Gasteiger charge is 2.49. The van der Waals surface area contributed by atoms with Crippen LogP contribution in [-0.4, -0.2) is 66.5 Å². The van der Waals surface area contributed by atoms with Crippen molar-refractivity contribution in [3.63, 3.8) is 0 Å². The van der Waals surface area contributed by atoms with Gasteiger partial charge in [-0.05, 0) is 44.2 Å². The molecule has 1 aromatic heterocycles. The van der Waals surface area contributed by atoms with Crippen LogP contribution in [0, 0.1) is 5.41 Å². The number of amides is 2. The molecule has 2 amide bonds. The van der Waals surface area contributed by atoms with E-state index >= 15 is 0 Å². The van der Waals surface area contributed by atoms with Gasteiger partial charge in [-0.2, -0.15) is 0 Å². The molecule has 0 N–H and O–H groups in total. The van der Waals surface area contributed by atoms with Gasteiger partial charge < -0.3 is 14.5 Å². The predicted molar refractivity (Wildman–Crippen MR) is 98.9 cm³/mol. The molecule has 2 saturated heterocycles. The number of carbonyl (C=O) groups excluding carboxylic acids is 2. The molecule has 1 aromatic rings. The van der Waals surface area contributed by atoms with Crippen LogP contribution in [0.3, 0.4) is 0 Å². The fraction of sp³-hybridized carbons (Fsp3) is 0.650. The second-order valence-electron chi connectivity index (χ2n) is 7.39. The summed E-state index contributed by atoms with van der Waals surface area (Å²) in [6, 6.07) is 3.64. The van der Waals surface area contributed by atoms with Crippen LogP contribution in [0.2, 0.25) is 0 Å². The molecule has 0 unspecified atom stereocenters. The van der Waals surface area contributed by atoms with Crippen molar-refractivity contribution in [3.05, 3.63) is 29.6 Å². The Morgan fingerprint density at radius 1 is 1.35 bits per heavy atom. The average molecular weight is 359 g/mol. The average Bonchev–Trinajstić information content (AvgIpc) is 3.10. The Hall–Kier alpha value is -1.95. The molecule has 2 aliphatic heterocycles. The minimum atomic E-state index is -0.387. The lowest BCUT2D eigenvalue weighted by Gasteiger charge is -2.39. The molecule has 1 atom stereocenters. The number of aromatic nitrogens is 1. The van der Waals surface area contributed by atoms with Crippen molar-refractivity contribution in [3.8, 4) is 0 Å². The standard InChI is InChI=1S/C20H29N3O3/c1-3-17-14-16(6-9-21-17)18(24)23-12-8-20(15-23)7-4-10-22(19(20)25)11-5-13-26-2/h6,9,14H,3-5,7-8,10-13,15H2,1-2H3/t20-/m1/s1. The topological polar surface area (TPSA) is 62.7 Å². The van der Waals surface area contributed by atoms with E-state index in [9.17, 15) is 9.59 Å². The number of pyridine rings is 1. The zero-order valence-corrected chi connectivity index (χ0v) is 15.9. The van der Waals surface area contributed by atoms with Gasteiger partial charge in [0.15, 0.2) is 0 Å². The first-order valence-corrected chi connectivity index (χ1v) is 9.62.